The zero-order valence-electron chi connectivity index (χ0n) is 14.6. The topological polar surface area (TPSA) is 137 Å². The summed E-state index contributed by atoms with van der Waals surface area (Å²) in [5, 5.41) is 26.1. The van der Waals surface area contributed by atoms with Crippen molar-refractivity contribution in [2.75, 3.05) is 18.4 Å². The second kappa shape index (κ2) is 7.37. The number of piperidine rings is 1. The van der Waals surface area contributed by atoms with E-state index in [0.29, 0.717) is 31.7 Å². The second-order valence-electron chi connectivity index (χ2n) is 6.52. The second-order valence-corrected chi connectivity index (χ2v) is 6.52. The first-order valence-corrected chi connectivity index (χ1v) is 8.52. The van der Waals surface area contributed by atoms with Gasteiger partial charge in [0.1, 0.15) is 5.56 Å². The van der Waals surface area contributed by atoms with Crippen LogP contribution in [-0.4, -0.2) is 44.9 Å². The lowest BCUT2D eigenvalue weighted by molar-refractivity contribution is 0.0888. The minimum Gasteiger partial charge on any atom is -0.465 e. The van der Waals surface area contributed by atoms with Gasteiger partial charge in [-0.15, -0.1) is 0 Å². The largest absolute Gasteiger partial charge is 0.465 e. The van der Waals surface area contributed by atoms with Gasteiger partial charge in [-0.3, -0.25) is 9.48 Å². The maximum atomic E-state index is 11.9. The Morgan fingerprint density at radius 1 is 1.30 bits per heavy atom. The fraction of sp³-hybridized carbons (Fsp3) is 0.333. The molecular weight excluding hydrogens is 348 g/mol. The van der Waals surface area contributed by atoms with Crippen molar-refractivity contribution in [3.8, 4) is 6.07 Å². The highest BCUT2D eigenvalue weighted by molar-refractivity contribution is 5.98. The van der Waals surface area contributed by atoms with Crippen LogP contribution in [0.25, 0.3) is 0 Å². The van der Waals surface area contributed by atoms with Crippen molar-refractivity contribution in [2.45, 2.75) is 24.8 Å². The normalized spacial score (nSPS) is 15.7. The summed E-state index contributed by atoms with van der Waals surface area (Å²) < 4.78 is 1.60. The van der Waals surface area contributed by atoms with Crippen molar-refractivity contribution >= 4 is 23.5 Å². The molecule has 4 N–H and O–H groups in total. The Kier molecular flexibility index (Phi) is 4.98. The van der Waals surface area contributed by atoms with Gasteiger partial charge in [0, 0.05) is 25.0 Å². The van der Waals surface area contributed by atoms with Crippen molar-refractivity contribution in [3.05, 3.63) is 42.1 Å². The van der Waals surface area contributed by atoms with E-state index in [1.165, 1.54) is 4.90 Å². The van der Waals surface area contributed by atoms with Gasteiger partial charge in [-0.25, -0.2) is 4.79 Å². The highest BCUT2D eigenvalue weighted by Gasteiger charge is 2.39. The number of anilines is 2. The molecule has 1 fully saturated rings. The molecule has 2 heterocycles. The van der Waals surface area contributed by atoms with E-state index in [9.17, 15) is 14.9 Å². The van der Waals surface area contributed by atoms with Crippen LogP contribution in [0, 0.1) is 11.3 Å². The molecule has 1 saturated heterocycles. The quantitative estimate of drug-likeness (QED) is 0.739. The summed E-state index contributed by atoms with van der Waals surface area (Å²) in [5.74, 6) is -0.318. The van der Waals surface area contributed by atoms with Gasteiger partial charge < -0.3 is 21.1 Å². The molecule has 2 amide bonds. The molecule has 27 heavy (non-hydrogen) atoms. The molecule has 140 valence electrons. The molecular formula is C18H20N6O3. The number of nitrogens with one attached hydrogen (secondary N) is 1. The number of nitrogens with zero attached hydrogens (tertiary/aromatic N) is 4. The minimum absolute atomic E-state index is 0.158. The van der Waals surface area contributed by atoms with Gasteiger partial charge in [-0.1, -0.05) is 18.2 Å². The van der Waals surface area contributed by atoms with E-state index in [1.54, 1.807) is 10.9 Å². The number of carbonyl (C=O) groups is 2. The minimum atomic E-state index is -0.981. The lowest BCUT2D eigenvalue weighted by Crippen LogP contribution is -2.47. The Bertz CT molecular complexity index is 878. The molecule has 0 radical (unpaired) electrons. The fourth-order valence-electron chi connectivity index (χ4n) is 3.30. The highest BCUT2D eigenvalue weighted by atomic mass is 16.4. The number of hydrogen-bond donors (Lipinski definition) is 3. The summed E-state index contributed by atoms with van der Waals surface area (Å²) in [7, 11) is 0. The predicted molar refractivity (Wildman–Crippen MR) is 97.5 cm³/mol. The van der Waals surface area contributed by atoms with Crippen molar-refractivity contribution in [1.29, 1.82) is 5.26 Å². The number of carboxylic acid groups (broad SMARTS) is 1. The SMILES string of the molecule is N#CCC1(n2cc(C(N)=O)c(Nc3ccccc3)n2)CCN(C(=O)O)CC1. The Morgan fingerprint density at radius 2 is 1.96 bits per heavy atom. The van der Waals surface area contributed by atoms with Crippen molar-refractivity contribution in [3.63, 3.8) is 0 Å². The third kappa shape index (κ3) is 3.69. The number of nitriles is 1. The average molecular weight is 368 g/mol. The standard InChI is InChI=1S/C18H20N6O3/c19-9-6-18(7-10-23(11-8-18)17(26)27)24-12-14(15(20)25)16(22-24)21-13-4-2-1-3-5-13/h1-5,12H,6-8,10-11H2,(H2,20,25)(H,21,22)(H,26,27). The van der Waals surface area contributed by atoms with E-state index in [-0.39, 0.29) is 12.0 Å². The van der Waals surface area contributed by atoms with Crippen LogP contribution >= 0.6 is 0 Å². The van der Waals surface area contributed by atoms with Crippen molar-refractivity contribution in [2.24, 2.45) is 5.73 Å². The van der Waals surface area contributed by atoms with Gasteiger partial charge in [0.25, 0.3) is 5.91 Å². The van der Waals surface area contributed by atoms with Crippen molar-refractivity contribution in [1.82, 2.24) is 14.7 Å². The van der Waals surface area contributed by atoms with Crippen LogP contribution in [0.3, 0.4) is 0 Å². The van der Waals surface area contributed by atoms with Gasteiger partial charge in [-0.05, 0) is 25.0 Å². The third-order valence-electron chi connectivity index (χ3n) is 4.88. The molecule has 1 aliphatic rings. The molecule has 0 bridgehead atoms. The number of para-hydroxylation sites is 1. The Labute approximate surface area is 156 Å². The third-order valence-corrected chi connectivity index (χ3v) is 4.88. The highest BCUT2D eigenvalue weighted by Crippen LogP contribution is 2.35. The van der Waals surface area contributed by atoms with Gasteiger partial charge in [0.15, 0.2) is 5.82 Å². The van der Waals surface area contributed by atoms with E-state index >= 15 is 0 Å². The molecule has 2 aromatic rings. The monoisotopic (exact) mass is 368 g/mol. The van der Waals surface area contributed by atoms with Gasteiger partial charge in [0.05, 0.1) is 18.0 Å². The number of rotatable bonds is 5. The first kappa shape index (κ1) is 18.3. The molecule has 1 aromatic carbocycles. The number of benzene rings is 1. The number of hydrogen-bond acceptors (Lipinski definition) is 5. The van der Waals surface area contributed by atoms with Crippen LogP contribution in [0.4, 0.5) is 16.3 Å². The first-order valence-electron chi connectivity index (χ1n) is 8.52. The number of aromatic nitrogens is 2. The van der Waals surface area contributed by atoms with E-state index < -0.39 is 17.5 Å². The average Bonchev–Trinajstić information content (AvgIpc) is 3.08. The lowest BCUT2D eigenvalue weighted by Gasteiger charge is -2.39. The Morgan fingerprint density at radius 3 is 2.52 bits per heavy atom. The zero-order valence-corrected chi connectivity index (χ0v) is 14.6. The molecule has 0 atom stereocenters. The summed E-state index contributed by atoms with van der Waals surface area (Å²) >= 11 is 0. The number of likely N-dealkylation sites (tertiary alicyclic amines) is 1. The zero-order chi connectivity index (χ0) is 19.4. The summed E-state index contributed by atoms with van der Waals surface area (Å²) in [4.78, 5) is 24.4. The van der Waals surface area contributed by atoms with Crippen LogP contribution in [0.5, 0.6) is 0 Å². The molecule has 1 aromatic heterocycles. The molecule has 0 aliphatic carbocycles. The molecule has 9 nitrogen and oxygen atoms in total. The molecule has 0 spiro atoms. The summed E-state index contributed by atoms with van der Waals surface area (Å²) in [6, 6.07) is 11.4. The van der Waals surface area contributed by atoms with Crippen LogP contribution in [-0.2, 0) is 5.54 Å². The van der Waals surface area contributed by atoms with Gasteiger partial charge in [-0.2, -0.15) is 10.4 Å². The molecule has 1 aliphatic heterocycles. The molecule has 0 unspecified atom stereocenters. The van der Waals surface area contributed by atoms with Gasteiger partial charge >= 0.3 is 6.09 Å². The maximum absolute atomic E-state index is 11.9. The van der Waals surface area contributed by atoms with Crippen LogP contribution in [0.1, 0.15) is 29.6 Å². The lowest BCUT2D eigenvalue weighted by atomic mass is 9.85. The molecule has 0 saturated carbocycles. The Hall–Kier alpha value is -3.54. The molecule has 3 rings (SSSR count). The summed E-state index contributed by atoms with van der Waals surface area (Å²) in [6.07, 6.45) is 1.58. The summed E-state index contributed by atoms with van der Waals surface area (Å²) in [5.41, 5.74) is 5.80. The number of primary amides is 1. The number of nitrogens with two attached hydrogens (primary N) is 1. The van der Waals surface area contributed by atoms with Crippen LogP contribution in [0.2, 0.25) is 0 Å². The molecule has 9 heteroatoms. The van der Waals surface area contributed by atoms with E-state index in [0.717, 1.165) is 5.69 Å². The smallest absolute Gasteiger partial charge is 0.407 e. The first-order chi connectivity index (χ1) is 12.9. The Balaban J connectivity index is 1.94. The van der Waals surface area contributed by atoms with E-state index in [1.807, 2.05) is 30.3 Å². The summed E-state index contributed by atoms with van der Waals surface area (Å²) in [6.45, 7) is 0.592. The van der Waals surface area contributed by atoms with Crippen molar-refractivity contribution < 1.29 is 14.7 Å². The van der Waals surface area contributed by atoms with Gasteiger partial charge in [0.2, 0.25) is 0 Å². The van der Waals surface area contributed by atoms with E-state index in [2.05, 4.69) is 16.5 Å². The fourth-order valence-corrected chi connectivity index (χ4v) is 3.30. The van der Waals surface area contributed by atoms with Crippen LogP contribution in [0.15, 0.2) is 36.5 Å². The number of carbonyl (C=O) groups excluding carboxylic acids is 1. The maximum Gasteiger partial charge on any atom is 0.407 e. The van der Waals surface area contributed by atoms with Crippen LogP contribution < -0.4 is 11.1 Å². The predicted octanol–water partition coefficient (Wildman–Crippen LogP) is 2.11. The number of amides is 2. The van der Waals surface area contributed by atoms with E-state index in [4.69, 9.17) is 10.8 Å².